The molecule has 0 aliphatic carbocycles. The topological polar surface area (TPSA) is 65.1 Å². The lowest BCUT2D eigenvalue weighted by atomic mass is 10.0. The van der Waals surface area contributed by atoms with Gasteiger partial charge < -0.3 is 16.0 Å². The van der Waals surface area contributed by atoms with Crippen molar-refractivity contribution >= 4 is 11.4 Å². The van der Waals surface area contributed by atoms with Gasteiger partial charge in [0.05, 0.1) is 12.5 Å². The van der Waals surface area contributed by atoms with Crippen LogP contribution in [-0.4, -0.2) is 31.1 Å². The molecular weight excluding hydrogens is 224 g/mol. The lowest BCUT2D eigenvalue weighted by Gasteiger charge is -2.31. The minimum Gasteiger partial charge on any atom is -0.398 e. The van der Waals surface area contributed by atoms with E-state index in [1.165, 1.54) is 19.4 Å². The van der Waals surface area contributed by atoms with E-state index in [0.29, 0.717) is 18.2 Å². The van der Waals surface area contributed by atoms with Crippen LogP contribution in [0.2, 0.25) is 0 Å². The van der Waals surface area contributed by atoms with Gasteiger partial charge in [-0.3, -0.25) is 0 Å². The minimum atomic E-state index is 0.367. The number of rotatable bonds is 3. The highest BCUT2D eigenvalue weighted by Gasteiger charge is 2.16. The van der Waals surface area contributed by atoms with Crippen molar-refractivity contribution in [2.24, 2.45) is 0 Å². The maximum Gasteiger partial charge on any atom is 0.0670 e. The highest BCUT2D eigenvalue weighted by molar-refractivity contribution is 5.58. The molecule has 1 aromatic rings. The Kier molecular flexibility index (Phi) is 4.06. The number of nitriles is 1. The van der Waals surface area contributed by atoms with Crippen LogP contribution < -0.4 is 11.1 Å². The molecule has 96 valence electrons. The zero-order valence-electron chi connectivity index (χ0n) is 10.8. The molecular formula is C14H20N4. The fourth-order valence-electron chi connectivity index (χ4n) is 2.45. The molecule has 0 saturated carbocycles. The van der Waals surface area contributed by atoms with E-state index in [1.807, 2.05) is 18.2 Å². The molecule has 4 nitrogen and oxygen atoms in total. The van der Waals surface area contributed by atoms with Crippen LogP contribution in [0.4, 0.5) is 11.4 Å². The van der Waals surface area contributed by atoms with E-state index in [2.05, 4.69) is 23.3 Å². The van der Waals surface area contributed by atoms with Crippen LogP contribution in [0.5, 0.6) is 0 Å². The molecule has 0 bridgehead atoms. The lowest BCUT2D eigenvalue weighted by Crippen LogP contribution is -2.39. The predicted molar refractivity (Wildman–Crippen MR) is 74.3 cm³/mol. The zero-order chi connectivity index (χ0) is 13.0. The molecule has 1 atom stereocenters. The van der Waals surface area contributed by atoms with Crippen molar-refractivity contribution < 1.29 is 0 Å². The Hall–Kier alpha value is -1.73. The van der Waals surface area contributed by atoms with Gasteiger partial charge in [-0.1, -0.05) is 0 Å². The standard InChI is InChI=1S/C14H20N4/c1-18-8-2-3-13(10-18)17-12-4-5-14(16)11(9-12)6-7-15/h4-5,9,13,17H,2-3,6,8,10,16H2,1H3. The Bertz CT molecular complexity index is 450. The average Bonchev–Trinajstić information content (AvgIpc) is 2.34. The quantitative estimate of drug-likeness (QED) is 0.796. The smallest absolute Gasteiger partial charge is 0.0670 e. The summed E-state index contributed by atoms with van der Waals surface area (Å²) in [5, 5.41) is 12.3. The summed E-state index contributed by atoms with van der Waals surface area (Å²) in [7, 11) is 2.15. The Morgan fingerprint density at radius 2 is 2.39 bits per heavy atom. The van der Waals surface area contributed by atoms with E-state index < -0.39 is 0 Å². The van der Waals surface area contributed by atoms with E-state index in [4.69, 9.17) is 11.0 Å². The number of nitrogen functional groups attached to an aromatic ring is 1. The second-order valence-electron chi connectivity index (χ2n) is 4.99. The molecule has 0 aromatic heterocycles. The van der Waals surface area contributed by atoms with Crippen molar-refractivity contribution in [1.29, 1.82) is 5.26 Å². The van der Waals surface area contributed by atoms with Crippen molar-refractivity contribution in [3.63, 3.8) is 0 Å². The molecule has 4 heteroatoms. The van der Waals surface area contributed by atoms with Crippen LogP contribution in [0.15, 0.2) is 18.2 Å². The first-order valence-electron chi connectivity index (χ1n) is 6.39. The van der Waals surface area contributed by atoms with E-state index in [-0.39, 0.29) is 0 Å². The zero-order valence-corrected chi connectivity index (χ0v) is 10.8. The predicted octanol–water partition coefficient (Wildman–Crippen LogP) is 1.84. The number of piperidine rings is 1. The fourth-order valence-corrected chi connectivity index (χ4v) is 2.45. The van der Waals surface area contributed by atoms with Crippen molar-refractivity contribution in [1.82, 2.24) is 4.90 Å². The van der Waals surface area contributed by atoms with Crippen LogP contribution in [0.25, 0.3) is 0 Å². The summed E-state index contributed by atoms with van der Waals surface area (Å²) in [5.74, 6) is 0. The summed E-state index contributed by atoms with van der Waals surface area (Å²) in [5.41, 5.74) is 8.51. The molecule has 0 radical (unpaired) electrons. The minimum absolute atomic E-state index is 0.367. The summed E-state index contributed by atoms with van der Waals surface area (Å²) in [6, 6.07) is 8.50. The number of likely N-dealkylation sites (N-methyl/N-ethyl adjacent to an activating group) is 1. The monoisotopic (exact) mass is 244 g/mol. The van der Waals surface area contributed by atoms with Crippen molar-refractivity contribution in [2.75, 3.05) is 31.2 Å². The van der Waals surface area contributed by atoms with Crippen molar-refractivity contribution in [3.05, 3.63) is 23.8 Å². The molecule has 1 unspecified atom stereocenters. The first-order valence-corrected chi connectivity index (χ1v) is 6.39. The Morgan fingerprint density at radius 3 is 3.11 bits per heavy atom. The fraction of sp³-hybridized carbons (Fsp3) is 0.500. The summed E-state index contributed by atoms with van der Waals surface area (Å²) >= 11 is 0. The molecule has 18 heavy (non-hydrogen) atoms. The molecule has 0 amide bonds. The van der Waals surface area contributed by atoms with Gasteiger partial charge in [-0.15, -0.1) is 0 Å². The Morgan fingerprint density at radius 1 is 1.56 bits per heavy atom. The van der Waals surface area contributed by atoms with Gasteiger partial charge in [-0.25, -0.2) is 0 Å². The van der Waals surface area contributed by atoms with Crippen LogP contribution >= 0.6 is 0 Å². The number of nitrogens with two attached hydrogens (primary N) is 1. The molecule has 2 rings (SSSR count). The third-order valence-electron chi connectivity index (χ3n) is 3.41. The van der Waals surface area contributed by atoms with Crippen molar-refractivity contribution in [3.8, 4) is 6.07 Å². The van der Waals surface area contributed by atoms with E-state index in [1.54, 1.807) is 0 Å². The molecule has 1 aromatic carbocycles. The van der Waals surface area contributed by atoms with Gasteiger partial charge in [0.1, 0.15) is 0 Å². The van der Waals surface area contributed by atoms with Gasteiger partial charge in [0.25, 0.3) is 0 Å². The summed E-state index contributed by atoms with van der Waals surface area (Å²) < 4.78 is 0. The lowest BCUT2D eigenvalue weighted by molar-refractivity contribution is 0.261. The second kappa shape index (κ2) is 5.74. The number of hydrogen-bond donors (Lipinski definition) is 2. The van der Waals surface area contributed by atoms with Gasteiger partial charge in [-0.2, -0.15) is 5.26 Å². The largest absolute Gasteiger partial charge is 0.398 e. The summed E-state index contributed by atoms with van der Waals surface area (Å²) in [6.45, 7) is 2.25. The van der Waals surface area contributed by atoms with Crippen LogP contribution in [0, 0.1) is 11.3 Å². The van der Waals surface area contributed by atoms with Gasteiger partial charge in [0, 0.05) is 24.0 Å². The molecule has 0 spiro atoms. The summed E-state index contributed by atoms with van der Waals surface area (Å²) in [6.07, 6.45) is 2.79. The Labute approximate surface area is 108 Å². The number of hydrogen-bond acceptors (Lipinski definition) is 4. The number of anilines is 2. The highest BCUT2D eigenvalue weighted by atomic mass is 15.1. The molecule has 1 fully saturated rings. The highest BCUT2D eigenvalue weighted by Crippen LogP contribution is 2.21. The van der Waals surface area contributed by atoms with Gasteiger partial charge in [0.15, 0.2) is 0 Å². The van der Waals surface area contributed by atoms with E-state index >= 15 is 0 Å². The summed E-state index contributed by atoms with van der Waals surface area (Å²) in [4.78, 5) is 2.34. The van der Waals surface area contributed by atoms with Crippen LogP contribution in [0.3, 0.4) is 0 Å². The number of likely N-dealkylation sites (tertiary alicyclic amines) is 1. The second-order valence-corrected chi connectivity index (χ2v) is 4.99. The van der Waals surface area contributed by atoms with Crippen molar-refractivity contribution in [2.45, 2.75) is 25.3 Å². The molecule has 1 saturated heterocycles. The maximum atomic E-state index is 8.76. The number of nitrogens with zero attached hydrogens (tertiary/aromatic N) is 2. The molecule has 1 heterocycles. The molecule has 1 aliphatic heterocycles. The van der Waals surface area contributed by atoms with E-state index in [0.717, 1.165) is 17.8 Å². The van der Waals surface area contributed by atoms with Gasteiger partial charge >= 0.3 is 0 Å². The van der Waals surface area contributed by atoms with Gasteiger partial charge in [0.2, 0.25) is 0 Å². The molecule has 1 aliphatic rings. The third-order valence-corrected chi connectivity index (χ3v) is 3.41. The van der Waals surface area contributed by atoms with Crippen LogP contribution in [-0.2, 0) is 6.42 Å². The van der Waals surface area contributed by atoms with E-state index in [9.17, 15) is 0 Å². The molecule has 3 N–H and O–H groups in total. The SMILES string of the molecule is CN1CCCC(Nc2ccc(N)c(CC#N)c2)C1. The first-order chi connectivity index (χ1) is 8.69. The first kappa shape index (κ1) is 12.7. The third kappa shape index (κ3) is 3.14. The Balaban J connectivity index is 2.05. The normalized spacial score (nSPS) is 20.3. The maximum absolute atomic E-state index is 8.76. The number of nitrogens with one attached hydrogen (secondary N) is 1. The van der Waals surface area contributed by atoms with Crippen LogP contribution in [0.1, 0.15) is 18.4 Å². The number of benzene rings is 1. The van der Waals surface area contributed by atoms with Gasteiger partial charge in [-0.05, 0) is 50.2 Å². The average molecular weight is 244 g/mol.